The predicted molar refractivity (Wildman–Crippen MR) is 36.4 cm³/mol. The first-order valence-electron chi connectivity index (χ1n) is 2.03. The molecular formula is C4H11Cl2N. The van der Waals surface area contributed by atoms with Gasteiger partial charge in [0.25, 0.3) is 0 Å². The zero-order chi connectivity index (χ0) is 6.12. The molecule has 0 aromatic carbocycles. The van der Waals surface area contributed by atoms with Crippen molar-refractivity contribution in [3.63, 3.8) is 0 Å². The summed E-state index contributed by atoms with van der Waals surface area (Å²) in [5, 5.41) is 2.75. The average Bonchev–Trinajstić information content (AvgIpc) is 1.69. The van der Waals surface area contributed by atoms with Crippen molar-refractivity contribution in [3.8, 4) is 0 Å². The molecule has 0 heterocycles. The second kappa shape index (κ2) is 16.0. The molecule has 1 nitrogen and oxygen atoms in total. The molecule has 0 saturated carbocycles. The van der Waals surface area contributed by atoms with Crippen LogP contribution in [0, 0.1) is 0 Å². The van der Waals surface area contributed by atoms with E-state index in [4.69, 9.17) is 23.2 Å². The third kappa shape index (κ3) is 56.8. The minimum absolute atomic E-state index is 0.557. The first-order chi connectivity index (χ1) is 3.33. The zero-order valence-electron chi connectivity index (χ0n) is 4.67. The Kier molecular flexibility index (Phi) is 24.0. The molecule has 7 heavy (non-hydrogen) atoms. The smallest absolute Gasteiger partial charge is 0.0359 e. The molecule has 0 radical (unpaired) electrons. The molecule has 0 fully saturated rings. The molecule has 0 bridgehead atoms. The molecule has 0 rings (SSSR count). The predicted octanol–water partition coefficient (Wildman–Crippen LogP) is 1.30. The Hall–Kier alpha value is 0.540. The Bertz CT molecular complexity index is 17.2. The van der Waals surface area contributed by atoms with E-state index in [1.807, 2.05) is 14.1 Å². The van der Waals surface area contributed by atoms with Crippen LogP contribution in [0.2, 0.25) is 0 Å². The average molecular weight is 144 g/mol. The van der Waals surface area contributed by atoms with E-state index in [1.54, 1.807) is 0 Å². The lowest BCUT2D eigenvalue weighted by Crippen LogP contribution is -1.89. The summed E-state index contributed by atoms with van der Waals surface area (Å²) in [5.74, 6) is 1.11. The Morgan fingerprint density at radius 3 is 1.29 bits per heavy atom. The number of rotatable bonds is 1. The summed E-state index contributed by atoms with van der Waals surface area (Å²) >= 11 is 10.1. The van der Waals surface area contributed by atoms with Crippen molar-refractivity contribution in [1.29, 1.82) is 0 Å². The van der Waals surface area contributed by atoms with E-state index >= 15 is 0 Å². The molecule has 3 heteroatoms. The van der Waals surface area contributed by atoms with Crippen molar-refractivity contribution >= 4 is 23.2 Å². The fourth-order valence-electron chi connectivity index (χ4n) is 0. The number of nitrogens with one attached hydrogen (secondary N) is 1. The van der Waals surface area contributed by atoms with E-state index in [1.165, 1.54) is 0 Å². The summed E-state index contributed by atoms with van der Waals surface area (Å²) in [5.41, 5.74) is 0. The topological polar surface area (TPSA) is 12.0 Å². The van der Waals surface area contributed by atoms with Crippen LogP contribution in [-0.4, -0.2) is 25.9 Å². The molecular weight excluding hydrogens is 133 g/mol. The maximum atomic E-state index is 5.05. The zero-order valence-corrected chi connectivity index (χ0v) is 6.18. The summed E-state index contributed by atoms with van der Waals surface area (Å²) in [6.07, 6.45) is 0. The van der Waals surface area contributed by atoms with Gasteiger partial charge in [-0.05, 0) is 14.1 Å². The van der Waals surface area contributed by atoms with Crippen molar-refractivity contribution < 1.29 is 0 Å². The Morgan fingerprint density at radius 1 is 1.14 bits per heavy atom. The van der Waals surface area contributed by atoms with Gasteiger partial charge in [0.1, 0.15) is 0 Å². The van der Waals surface area contributed by atoms with Crippen molar-refractivity contribution in [2.45, 2.75) is 0 Å². The molecule has 0 atom stereocenters. The highest BCUT2D eigenvalue weighted by atomic mass is 35.5. The normalized spacial score (nSPS) is 6.86. The van der Waals surface area contributed by atoms with Gasteiger partial charge in [0, 0.05) is 11.8 Å². The lowest BCUT2D eigenvalue weighted by atomic mass is 11.0. The molecule has 0 aliphatic heterocycles. The van der Waals surface area contributed by atoms with Crippen LogP contribution in [-0.2, 0) is 0 Å². The second-order valence-corrected chi connectivity index (χ2v) is 1.63. The van der Waals surface area contributed by atoms with Gasteiger partial charge >= 0.3 is 0 Å². The highest BCUT2D eigenvalue weighted by Crippen LogP contribution is 1.75. The Morgan fingerprint density at radius 2 is 1.29 bits per heavy atom. The molecule has 0 amide bonds. The minimum Gasteiger partial charge on any atom is -0.323 e. The summed E-state index contributed by atoms with van der Waals surface area (Å²) in [4.78, 5) is 0. The molecule has 0 aliphatic rings. The van der Waals surface area contributed by atoms with Gasteiger partial charge in [-0.1, -0.05) is 0 Å². The fourth-order valence-corrected chi connectivity index (χ4v) is 0. The maximum absolute atomic E-state index is 5.05. The van der Waals surface area contributed by atoms with Crippen LogP contribution in [0.1, 0.15) is 0 Å². The van der Waals surface area contributed by atoms with Gasteiger partial charge in [0.05, 0.1) is 0 Å². The summed E-state index contributed by atoms with van der Waals surface area (Å²) < 4.78 is 0. The monoisotopic (exact) mass is 143 g/mol. The van der Waals surface area contributed by atoms with Gasteiger partial charge < -0.3 is 5.32 Å². The van der Waals surface area contributed by atoms with Gasteiger partial charge in [-0.15, -0.1) is 23.2 Å². The SMILES string of the molecule is CNC.ClCCCl. The standard InChI is InChI=1S/C2H4Cl2.C2H7N/c3-1-2-4;1-3-2/h1-2H2;3H,1-2H3. The Balaban J connectivity index is 0. The van der Waals surface area contributed by atoms with Gasteiger partial charge in [-0.25, -0.2) is 0 Å². The fraction of sp³-hybridized carbons (Fsp3) is 1.00. The van der Waals surface area contributed by atoms with Gasteiger partial charge in [-0.2, -0.15) is 0 Å². The molecule has 46 valence electrons. The number of halogens is 2. The summed E-state index contributed by atoms with van der Waals surface area (Å²) in [6, 6.07) is 0. The van der Waals surface area contributed by atoms with Crippen LogP contribution < -0.4 is 5.32 Å². The number of hydrogen-bond donors (Lipinski definition) is 1. The largest absolute Gasteiger partial charge is 0.323 e. The molecule has 0 aliphatic carbocycles. The van der Waals surface area contributed by atoms with E-state index in [9.17, 15) is 0 Å². The molecule has 0 aromatic heterocycles. The molecule has 0 unspecified atom stereocenters. The van der Waals surface area contributed by atoms with Crippen LogP contribution in [0.5, 0.6) is 0 Å². The molecule has 0 aromatic rings. The van der Waals surface area contributed by atoms with Crippen LogP contribution in [0.25, 0.3) is 0 Å². The van der Waals surface area contributed by atoms with Gasteiger partial charge in [-0.3, -0.25) is 0 Å². The summed E-state index contributed by atoms with van der Waals surface area (Å²) in [6.45, 7) is 0. The third-order valence-corrected chi connectivity index (χ3v) is 0.643. The van der Waals surface area contributed by atoms with Crippen LogP contribution in [0.15, 0.2) is 0 Å². The third-order valence-electron chi connectivity index (χ3n) is 0.0714. The van der Waals surface area contributed by atoms with E-state index in [2.05, 4.69) is 5.32 Å². The van der Waals surface area contributed by atoms with Crippen molar-refractivity contribution in [1.82, 2.24) is 5.32 Å². The van der Waals surface area contributed by atoms with Crippen LogP contribution >= 0.6 is 23.2 Å². The van der Waals surface area contributed by atoms with E-state index in [0.29, 0.717) is 11.8 Å². The second-order valence-electron chi connectivity index (χ2n) is 0.878. The number of hydrogen-bond acceptors (Lipinski definition) is 1. The first-order valence-corrected chi connectivity index (χ1v) is 3.10. The van der Waals surface area contributed by atoms with Gasteiger partial charge in [0.15, 0.2) is 0 Å². The number of alkyl halides is 2. The lowest BCUT2D eigenvalue weighted by Gasteiger charge is -1.63. The van der Waals surface area contributed by atoms with Crippen molar-refractivity contribution in [2.24, 2.45) is 0 Å². The first kappa shape index (κ1) is 10.5. The highest BCUT2D eigenvalue weighted by Gasteiger charge is 1.61. The summed E-state index contributed by atoms with van der Waals surface area (Å²) in [7, 11) is 3.75. The molecule has 1 N–H and O–H groups in total. The maximum Gasteiger partial charge on any atom is 0.0359 e. The van der Waals surface area contributed by atoms with Crippen LogP contribution in [0.3, 0.4) is 0 Å². The van der Waals surface area contributed by atoms with E-state index in [0.717, 1.165) is 0 Å². The molecule has 0 spiro atoms. The van der Waals surface area contributed by atoms with E-state index in [-0.39, 0.29) is 0 Å². The lowest BCUT2D eigenvalue weighted by molar-refractivity contribution is 1.02. The Labute approximate surface area is 55.0 Å². The highest BCUT2D eigenvalue weighted by molar-refractivity contribution is 6.25. The van der Waals surface area contributed by atoms with Crippen molar-refractivity contribution in [2.75, 3.05) is 25.9 Å². The molecule has 0 saturated heterocycles. The minimum atomic E-state index is 0.557. The van der Waals surface area contributed by atoms with Crippen LogP contribution in [0.4, 0.5) is 0 Å². The van der Waals surface area contributed by atoms with Crippen molar-refractivity contribution in [3.05, 3.63) is 0 Å². The van der Waals surface area contributed by atoms with E-state index < -0.39 is 0 Å². The van der Waals surface area contributed by atoms with Gasteiger partial charge in [0.2, 0.25) is 0 Å². The quantitative estimate of drug-likeness (QED) is 0.547.